The average molecular weight is 298 g/mol. The van der Waals surface area contributed by atoms with Crippen LogP contribution in [0.3, 0.4) is 0 Å². The van der Waals surface area contributed by atoms with Gasteiger partial charge in [0.25, 0.3) is 0 Å². The lowest BCUT2D eigenvalue weighted by Gasteiger charge is -2.32. The van der Waals surface area contributed by atoms with Gasteiger partial charge >= 0.3 is 0 Å². The second kappa shape index (κ2) is 9.19. The smallest absolute Gasteiger partial charge is 0.225 e. The SMILES string of the molecule is CNCCCCCCNC(=O)C(C)(C)CC(C)(C)C(C)=O. The maximum absolute atomic E-state index is 12.3. The minimum atomic E-state index is -0.513. The maximum atomic E-state index is 12.3. The molecule has 0 atom stereocenters. The van der Waals surface area contributed by atoms with Crippen molar-refractivity contribution in [2.75, 3.05) is 20.1 Å². The van der Waals surface area contributed by atoms with E-state index in [9.17, 15) is 9.59 Å². The highest BCUT2D eigenvalue weighted by Crippen LogP contribution is 2.34. The summed E-state index contributed by atoms with van der Waals surface area (Å²) in [5.41, 5.74) is -0.963. The number of nitrogens with one attached hydrogen (secondary N) is 2. The zero-order valence-corrected chi connectivity index (χ0v) is 14.8. The van der Waals surface area contributed by atoms with E-state index in [1.54, 1.807) is 6.92 Å². The van der Waals surface area contributed by atoms with Gasteiger partial charge in [0.05, 0.1) is 0 Å². The fraction of sp³-hybridized carbons (Fsp3) is 0.882. The molecule has 0 aromatic carbocycles. The molecule has 4 heteroatoms. The number of hydrogen-bond donors (Lipinski definition) is 2. The Kier molecular flexibility index (Phi) is 8.79. The summed E-state index contributed by atoms with van der Waals surface area (Å²) in [5, 5.41) is 6.14. The topological polar surface area (TPSA) is 58.2 Å². The summed E-state index contributed by atoms with van der Waals surface area (Å²) in [7, 11) is 1.96. The first-order valence-corrected chi connectivity index (χ1v) is 8.07. The van der Waals surface area contributed by atoms with Crippen LogP contribution in [0.5, 0.6) is 0 Å². The predicted octanol–water partition coefficient (Wildman–Crippen LogP) is 2.91. The van der Waals surface area contributed by atoms with Crippen LogP contribution in [0.2, 0.25) is 0 Å². The number of amides is 1. The van der Waals surface area contributed by atoms with Crippen molar-refractivity contribution >= 4 is 11.7 Å². The number of carbonyl (C=O) groups excluding carboxylic acids is 2. The van der Waals surface area contributed by atoms with Crippen molar-refractivity contribution in [1.82, 2.24) is 10.6 Å². The Balaban J connectivity index is 4.06. The zero-order chi connectivity index (χ0) is 16.5. The third-order valence-corrected chi connectivity index (χ3v) is 4.09. The van der Waals surface area contributed by atoms with Gasteiger partial charge in [-0.2, -0.15) is 0 Å². The van der Waals surface area contributed by atoms with Crippen molar-refractivity contribution in [1.29, 1.82) is 0 Å². The van der Waals surface area contributed by atoms with Crippen molar-refractivity contribution in [3.8, 4) is 0 Å². The van der Waals surface area contributed by atoms with Gasteiger partial charge in [0.1, 0.15) is 5.78 Å². The number of ketones is 1. The lowest BCUT2D eigenvalue weighted by molar-refractivity contribution is -0.133. The quantitative estimate of drug-likeness (QED) is 0.577. The van der Waals surface area contributed by atoms with Gasteiger partial charge in [-0.05, 0) is 39.8 Å². The molecule has 2 N–H and O–H groups in total. The molecule has 0 aliphatic rings. The first-order valence-electron chi connectivity index (χ1n) is 8.07. The maximum Gasteiger partial charge on any atom is 0.225 e. The van der Waals surface area contributed by atoms with Gasteiger partial charge in [0, 0.05) is 17.4 Å². The Labute approximate surface area is 130 Å². The van der Waals surface area contributed by atoms with E-state index in [2.05, 4.69) is 10.6 Å². The highest BCUT2D eigenvalue weighted by molar-refractivity contribution is 5.85. The summed E-state index contributed by atoms with van der Waals surface area (Å²) in [5.74, 6) is 0.181. The van der Waals surface area contributed by atoms with Crippen LogP contribution in [0.1, 0.15) is 66.7 Å². The highest BCUT2D eigenvalue weighted by atomic mass is 16.2. The normalized spacial score (nSPS) is 12.3. The molecule has 0 bridgehead atoms. The lowest BCUT2D eigenvalue weighted by atomic mass is 9.72. The number of unbranched alkanes of at least 4 members (excludes halogenated alkanes) is 3. The summed E-state index contributed by atoms with van der Waals surface area (Å²) in [6.45, 7) is 11.0. The van der Waals surface area contributed by atoms with Gasteiger partial charge in [-0.3, -0.25) is 9.59 Å². The van der Waals surface area contributed by atoms with Gasteiger partial charge in [0.2, 0.25) is 5.91 Å². The van der Waals surface area contributed by atoms with E-state index in [4.69, 9.17) is 0 Å². The van der Waals surface area contributed by atoms with Crippen LogP contribution < -0.4 is 10.6 Å². The van der Waals surface area contributed by atoms with Crippen molar-refractivity contribution < 1.29 is 9.59 Å². The highest BCUT2D eigenvalue weighted by Gasteiger charge is 2.36. The van der Waals surface area contributed by atoms with E-state index in [0.717, 1.165) is 25.9 Å². The van der Waals surface area contributed by atoms with Crippen molar-refractivity contribution in [3.63, 3.8) is 0 Å². The molecule has 0 heterocycles. The molecular formula is C17H34N2O2. The summed E-state index contributed by atoms with van der Waals surface area (Å²) < 4.78 is 0. The molecule has 0 spiro atoms. The standard InChI is InChI=1S/C17H34N2O2/c1-14(20)16(2,3)13-17(4,5)15(21)19-12-10-8-7-9-11-18-6/h18H,7-13H2,1-6H3,(H,19,21). The van der Waals surface area contributed by atoms with E-state index in [0.29, 0.717) is 6.42 Å². The summed E-state index contributed by atoms with van der Waals surface area (Å²) in [6.07, 6.45) is 5.10. The summed E-state index contributed by atoms with van der Waals surface area (Å²) in [4.78, 5) is 23.9. The Bertz CT molecular complexity index is 336. The van der Waals surface area contributed by atoms with E-state index >= 15 is 0 Å². The Morgan fingerprint density at radius 3 is 1.86 bits per heavy atom. The molecular weight excluding hydrogens is 264 g/mol. The summed E-state index contributed by atoms with van der Waals surface area (Å²) >= 11 is 0. The lowest BCUT2D eigenvalue weighted by Crippen LogP contribution is -2.41. The number of carbonyl (C=O) groups is 2. The number of Topliss-reactive ketones (excluding diaryl/α,β-unsaturated/α-hetero) is 1. The average Bonchev–Trinajstić information content (AvgIpc) is 2.36. The molecule has 1 amide bonds. The minimum Gasteiger partial charge on any atom is -0.356 e. The molecule has 0 aliphatic carbocycles. The van der Waals surface area contributed by atoms with Crippen molar-refractivity contribution in [2.45, 2.75) is 66.7 Å². The van der Waals surface area contributed by atoms with Gasteiger partial charge in [0.15, 0.2) is 0 Å². The van der Waals surface area contributed by atoms with Crippen LogP contribution in [0.15, 0.2) is 0 Å². The third kappa shape index (κ3) is 8.20. The number of rotatable bonds is 11. The third-order valence-electron chi connectivity index (χ3n) is 4.09. The van der Waals surface area contributed by atoms with Crippen LogP contribution >= 0.6 is 0 Å². The summed E-state index contributed by atoms with van der Waals surface area (Å²) in [6, 6.07) is 0. The molecule has 21 heavy (non-hydrogen) atoms. The molecule has 0 aromatic heterocycles. The van der Waals surface area contributed by atoms with Crippen LogP contribution in [-0.2, 0) is 9.59 Å². The van der Waals surface area contributed by atoms with Crippen LogP contribution in [0.4, 0.5) is 0 Å². The Morgan fingerprint density at radius 1 is 0.857 bits per heavy atom. The fourth-order valence-corrected chi connectivity index (χ4v) is 2.53. The fourth-order valence-electron chi connectivity index (χ4n) is 2.53. The molecule has 0 saturated carbocycles. The van der Waals surface area contributed by atoms with E-state index < -0.39 is 10.8 Å². The molecule has 0 radical (unpaired) electrons. The van der Waals surface area contributed by atoms with Gasteiger partial charge < -0.3 is 10.6 Å². The molecule has 124 valence electrons. The zero-order valence-electron chi connectivity index (χ0n) is 14.8. The van der Waals surface area contributed by atoms with Gasteiger partial charge in [-0.1, -0.05) is 40.5 Å². The molecule has 4 nitrogen and oxygen atoms in total. The Hall–Kier alpha value is -0.900. The monoisotopic (exact) mass is 298 g/mol. The van der Waals surface area contributed by atoms with Crippen LogP contribution in [0, 0.1) is 10.8 Å². The predicted molar refractivity (Wildman–Crippen MR) is 88.3 cm³/mol. The van der Waals surface area contributed by atoms with E-state index in [-0.39, 0.29) is 11.7 Å². The number of hydrogen-bond acceptors (Lipinski definition) is 3. The second-order valence-electron chi connectivity index (χ2n) is 7.27. The van der Waals surface area contributed by atoms with Crippen LogP contribution in [-0.4, -0.2) is 31.8 Å². The van der Waals surface area contributed by atoms with Gasteiger partial charge in [-0.15, -0.1) is 0 Å². The molecule has 0 aliphatic heterocycles. The van der Waals surface area contributed by atoms with Gasteiger partial charge in [-0.25, -0.2) is 0 Å². The second-order valence-corrected chi connectivity index (χ2v) is 7.27. The van der Waals surface area contributed by atoms with E-state index in [1.807, 2.05) is 34.7 Å². The first kappa shape index (κ1) is 20.1. The molecule has 0 rings (SSSR count). The first-order chi connectivity index (χ1) is 9.63. The molecule has 0 unspecified atom stereocenters. The van der Waals surface area contributed by atoms with Crippen LogP contribution in [0.25, 0.3) is 0 Å². The minimum absolute atomic E-state index is 0.0482. The van der Waals surface area contributed by atoms with Crippen molar-refractivity contribution in [2.24, 2.45) is 10.8 Å². The van der Waals surface area contributed by atoms with Crippen molar-refractivity contribution in [3.05, 3.63) is 0 Å². The Morgan fingerprint density at radius 2 is 1.38 bits per heavy atom. The molecule has 0 fully saturated rings. The molecule has 0 saturated heterocycles. The van der Waals surface area contributed by atoms with E-state index in [1.165, 1.54) is 12.8 Å². The molecule has 0 aromatic rings. The largest absolute Gasteiger partial charge is 0.356 e.